The van der Waals surface area contributed by atoms with Gasteiger partial charge < -0.3 is 5.11 Å². The zero-order valence-corrected chi connectivity index (χ0v) is 13.9. The first kappa shape index (κ1) is 14.9. The predicted molar refractivity (Wildman–Crippen MR) is 87.7 cm³/mol. The van der Waals surface area contributed by atoms with Crippen LogP contribution in [0.25, 0.3) is 0 Å². The van der Waals surface area contributed by atoms with E-state index in [4.69, 9.17) is 0 Å². The van der Waals surface area contributed by atoms with Crippen LogP contribution in [-0.4, -0.2) is 16.7 Å². The van der Waals surface area contributed by atoms with Crippen molar-refractivity contribution in [2.24, 2.45) is 17.3 Å². The quantitative estimate of drug-likeness (QED) is 0.797. The van der Waals surface area contributed by atoms with E-state index in [1.807, 2.05) is 6.07 Å². The smallest absolute Gasteiger partial charge is 0.163 e. The monoisotopic (exact) mass is 312 g/mol. The van der Waals surface area contributed by atoms with E-state index in [9.17, 15) is 14.7 Å². The SMILES string of the molecule is CC(=O)c1cc2c(cc1O)CC[C@@H]1[C@@H]2CC[C@]2(C)C(=O)CC[C@@H]12. The Balaban J connectivity index is 1.76. The Morgan fingerprint density at radius 2 is 2.00 bits per heavy atom. The van der Waals surface area contributed by atoms with Crippen molar-refractivity contribution in [3.8, 4) is 5.75 Å². The van der Waals surface area contributed by atoms with Gasteiger partial charge in [0.05, 0.1) is 5.56 Å². The Morgan fingerprint density at radius 1 is 1.22 bits per heavy atom. The zero-order valence-electron chi connectivity index (χ0n) is 13.9. The van der Waals surface area contributed by atoms with Crippen molar-refractivity contribution in [2.75, 3.05) is 0 Å². The maximum absolute atomic E-state index is 12.4. The molecule has 0 radical (unpaired) electrons. The number of hydrogen-bond donors (Lipinski definition) is 1. The van der Waals surface area contributed by atoms with Crippen LogP contribution in [0.2, 0.25) is 0 Å². The topological polar surface area (TPSA) is 54.4 Å². The number of hydrogen-bond acceptors (Lipinski definition) is 3. The molecule has 2 saturated carbocycles. The first-order valence-corrected chi connectivity index (χ1v) is 8.82. The molecule has 23 heavy (non-hydrogen) atoms. The Morgan fingerprint density at radius 3 is 2.74 bits per heavy atom. The van der Waals surface area contributed by atoms with Crippen molar-refractivity contribution >= 4 is 11.6 Å². The highest BCUT2D eigenvalue weighted by Gasteiger charge is 2.54. The summed E-state index contributed by atoms with van der Waals surface area (Å²) in [5.74, 6) is 1.99. The molecule has 4 atom stereocenters. The van der Waals surface area contributed by atoms with Crippen molar-refractivity contribution in [3.05, 3.63) is 28.8 Å². The molecule has 4 rings (SSSR count). The number of benzene rings is 1. The Hall–Kier alpha value is -1.64. The van der Waals surface area contributed by atoms with Crippen LogP contribution in [0.15, 0.2) is 12.1 Å². The van der Waals surface area contributed by atoms with Gasteiger partial charge in [0.25, 0.3) is 0 Å². The second-order valence-electron chi connectivity index (χ2n) is 7.96. The second-order valence-corrected chi connectivity index (χ2v) is 7.96. The van der Waals surface area contributed by atoms with Gasteiger partial charge in [-0.25, -0.2) is 0 Å². The highest BCUT2D eigenvalue weighted by molar-refractivity contribution is 5.97. The van der Waals surface area contributed by atoms with Gasteiger partial charge in [0.2, 0.25) is 0 Å². The first-order valence-electron chi connectivity index (χ1n) is 8.82. The molecule has 0 aromatic heterocycles. The van der Waals surface area contributed by atoms with E-state index < -0.39 is 0 Å². The lowest BCUT2D eigenvalue weighted by molar-refractivity contribution is -0.129. The van der Waals surface area contributed by atoms with Gasteiger partial charge in [-0.2, -0.15) is 0 Å². The maximum atomic E-state index is 12.4. The van der Waals surface area contributed by atoms with E-state index >= 15 is 0 Å². The number of Topliss-reactive ketones (excluding diaryl/α,β-unsaturated/α-hetero) is 2. The van der Waals surface area contributed by atoms with Gasteiger partial charge in [-0.05, 0) is 80.0 Å². The Labute approximate surface area is 137 Å². The van der Waals surface area contributed by atoms with Crippen LogP contribution in [0, 0.1) is 17.3 Å². The van der Waals surface area contributed by atoms with Crippen LogP contribution >= 0.6 is 0 Å². The molecule has 0 aliphatic heterocycles. The molecule has 1 aromatic rings. The van der Waals surface area contributed by atoms with Crippen LogP contribution in [0.3, 0.4) is 0 Å². The lowest BCUT2D eigenvalue weighted by atomic mass is 9.55. The molecule has 2 fully saturated rings. The highest BCUT2D eigenvalue weighted by Crippen LogP contribution is 2.59. The summed E-state index contributed by atoms with van der Waals surface area (Å²) in [5, 5.41) is 10.1. The summed E-state index contributed by atoms with van der Waals surface area (Å²) in [7, 11) is 0. The summed E-state index contributed by atoms with van der Waals surface area (Å²) in [6, 6.07) is 3.74. The molecule has 0 heterocycles. The largest absolute Gasteiger partial charge is 0.507 e. The molecular formula is C20H24O3. The van der Waals surface area contributed by atoms with Crippen molar-refractivity contribution < 1.29 is 14.7 Å². The third-order valence-electron chi connectivity index (χ3n) is 6.93. The van der Waals surface area contributed by atoms with Crippen LogP contribution < -0.4 is 0 Å². The fourth-order valence-corrected chi connectivity index (χ4v) is 5.66. The van der Waals surface area contributed by atoms with E-state index in [0.717, 1.165) is 38.5 Å². The van der Waals surface area contributed by atoms with Crippen molar-refractivity contribution in [1.29, 1.82) is 0 Å². The average molecular weight is 312 g/mol. The van der Waals surface area contributed by atoms with Gasteiger partial charge in [-0.1, -0.05) is 6.92 Å². The van der Waals surface area contributed by atoms with E-state index in [0.29, 0.717) is 29.1 Å². The summed E-state index contributed by atoms with van der Waals surface area (Å²) < 4.78 is 0. The summed E-state index contributed by atoms with van der Waals surface area (Å²) >= 11 is 0. The van der Waals surface area contributed by atoms with Gasteiger partial charge >= 0.3 is 0 Å². The van der Waals surface area contributed by atoms with Crippen LogP contribution in [0.1, 0.15) is 73.4 Å². The highest BCUT2D eigenvalue weighted by atomic mass is 16.3. The minimum atomic E-state index is -0.112. The van der Waals surface area contributed by atoms with E-state index in [1.165, 1.54) is 18.1 Å². The second kappa shape index (κ2) is 4.93. The van der Waals surface area contributed by atoms with E-state index in [2.05, 4.69) is 6.92 Å². The Bertz CT molecular complexity index is 705. The minimum absolute atomic E-state index is 0.0795. The molecule has 0 bridgehead atoms. The average Bonchev–Trinajstić information content (AvgIpc) is 2.81. The molecule has 0 unspecified atom stereocenters. The van der Waals surface area contributed by atoms with Crippen LogP contribution in [0.5, 0.6) is 5.75 Å². The van der Waals surface area contributed by atoms with Crippen molar-refractivity contribution in [2.45, 2.75) is 58.3 Å². The predicted octanol–water partition coefficient (Wildman–Crippen LogP) is 4.02. The molecule has 3 nitrogen and oxygen atoms in total. The lowest BCUT2D eigenvalue weighted by Crippen LogP contribution is -2.42. The summed E-state index contributed by atoms with van der Waals surface area (Å²) in [6.07, 6.45) is 5.81. The number of rotatable bonds is 1. The number of phenolic OH excluding ortho intramolecular Hbond substituents is 1. The number of fused-ring (bicyclic) bond motifs is 5. The summed E-state index contributed by atoms with van der Waals surface area (Å²) in [4.78, 5) is 24.1. The van der Waals surface area contributed by atoms with E-state index in [1.54, 1.807) is 6.07 Å². The molecule has 3 heteroatoms. The third kappa shape index (κ3) is 2.02. The molecule has 0 spiro atoms. The number of carbonyl (C=O) groups excluding carboxylic acids is 2. The summed E-state index contributed by atoms with van der Waals surface area (Å²) in [6.45, 7) is 3.69. The number of carbonyl (C=O) groups is 2. The molecule has 0 amide bonds. The van der Waals surface area contributed by atoms with Crippen LogP contribution in [-0.2, 0) is 11.2 Å². The number of ketones is 2. The number of aromatic hydroxyl groups is 1. The zero-order chi connectivity index (χ0) is 16.4. The fourth-order valence-electron chi connectivity index (χ4n) is 5.66. The molecule has 3 aliphatic carbocycles. The first-order chi connectivity index (χ1) is 10.9. The standard InChI is InChI=1S/C20H24O3/c1-11(21)15-10-16-12(9-18(15)22)3-4-14-13(16)7-8-20(2)17(14)5-6-19(20)23/h9-10,13-14,17,22H,3-8H2,1-2H3/t13-,14+,17-,20-/m0/s1. The summed E-state index contributed by atoms with van der Waals surface area (Å²) in [5.41, 5.74) is 2.78. The third-order valence-corrected chi connectivity index (χ3v) is 6.93. The molecule has 1 aromatic carbocycles. The molecule has 122 valence electrons. The van der Waals surface area contributed by atoms with Gasteiger partial charge in [0.15, 0.2) is 5.78 Å². The molecule has 3 aliphatic rings. The molecule has 0 saturated heterocycles. The molecular weight excluding hydrogens is 288 g/mol. The Kier molecular flexibility index (Phi) is 3.20. The van der Waals surface area contributed by atoms with Crippen LogP contribution in [0.4, 0.5) is 0 Å². The fraction of sp³-hybridized carbons (Fsp3) is 0.600. The van der Waals surface area contributed by atoms with Gasteiger partial charge in [-0.15, -0.1) is 0 Å². The van der Waals surface area contributed by atoms with Gasteiger partial charge in [0.1, 0.15) is 11.5 Å². The lowest BCUT2D eigenvalue weighted by Gasteiger charge is -2.48. The molecule has 1 N–H and O–H groups in total. The number of phenols is 1. The van der Waals surface area contributed by atoms with Gasteiger partial charge in [-0.3, -0.25) is 9.59 Å². The van der Waals surface area contributed by atoms with E-state index in [-0.39, 0.29) is 16.9 Å². The maximum Gasteiger partial charge on any atom is 0.163 e. The minimum Gasteiger partial charge on any atom is -0.507 e. The van der Waals surface area contributed by atoms with Gasteiger partial charge in [0, 0.05) is 11.8 Å². The van der Waals surface area contributed by atoms with Crippen molar-refractivity contribution in [1.82, 2.24) is 0 Å². The normalized spacial score (nSPS) is 35.4. The van der Waals surface area contributed by atoms with Crippen molar-refractivity contribution in [3.63, 3.8) is 0 Å². The number of aryl methyl sites for hydroxylation is 1.